The third-order valence-corrected chi connectivity index (χ3v) is 14.1. The maximum atomic E-state index is 14.7. The molecule has 87 heavy (non-hydrogen) atoms. The Balaban J connectivity index is 1.14. The minimum absolute atomic E-state index is 0.00451. The van der Waals surface area contributed by atoms with E-state index < -0.39 is 110 Å². The standard InChI is InChI=1S/C69H56O18/c70-52(44-25-9-1-10-26-44)41-42-53-55(81-62(72)46-29-13-3-14-30-46)57(82-63(73)47-31-15-4-16-32-47)59(84-65(75)49-35-19-6-20-36-49)68(79-53)86-56-54(43-78-61(71)45-27-11-2-12-28-45)80-69(87-67(77)51-39-23-8-24-40-51)60(85-66(76)50-37-21-7-22-38-50)58(56)83-64(74)48-33-17-5-18-34-48/h1-40,53-60,68-69H,41-43H2/t53?,54?,55-,56+,57-,58-,59?,60?,68-,69-/m0/s1. The van der Waals surface area contributed by atoms with E-state index in [1.165, 1.54) is 84.9 Å². The Bertz CT molecular complexity index is 3620. The van der Waals surface area contributed by atoms with Crippen LogP contribution in [0.2, 0.25) is 0 Å². The lowest BCUT2D eigenvalue weighted by atomic mass is 9.92. The predicted molar refractivity (Wildman–Crippen MR) is 309 cm³/mol. The second-order valence-corrected chi connectivity index (χ2v) is 19.9. The highest BCUT2D eigenvalue weighted by Gasteiger charge is 2.59. The highest BCUT2D eigenvalue weighted by atomic mass is 16.8. The molecule has 4 unspecified atom stereocenters. The van der Waals surface area contributed by atoms with E-state index in [1.807, 2.05) is 0 Å². The molecule has 0 aromatic heterocycles. The zero-order chi connectivity index (χ0) is 60.5. The summed E-state index contributed by atoms with van der Waals surface area (Å²) in [5.41, 5.74) is 0.544. The summed E-state index contributed by atoms with van der Waals surface area (Å²) in [6.45, 7) is -0.781. The van der Waals surface area contributed by atoms with E-state index >= 15 is 0 Å². The molecular weight excluding hydrogens is 1120 g/mol. The van der Waals surface area contributed by atoms with Crippen LogP contribution in [0.5, 0.6) is 0 Å². The molecular formula is C69H56O18. The number of carbonyl (C=O) groups is 8. The summed E-state index contributed by atoms with van der Waals surface area (Å²) in [6, 6.07) is 62.7. The van der Waals surface area contributed by atoms with Crippen molar-refractivity contribution < 1.29 is 85.7 Å². The molecule has 2 aliphatic heterocycles. The van der Waals surface area contributed by atoms with Gasteiger partial charge in [-0.2, -0.15) is 0 Å². The summed E-state index contributed by atoms with van der Waals surface area (Å²) in [7, 11) is 0. The number of hydrogen-bond acceptors (Lipinski definition) is 18. The van der Waals surface area contributed by atoms with Crippen molar-refractivity contribution in [1.82, 2.24) is 0 Å². The fourth-order valence-electron chi connectivity index (χ4n) is 9.74. The summed E-state index contributed by atoms with van der Waals surface area (Å²) in [5, 5.41) is 0. The number of esters is 7. The van der Waals surface area contributed by atoms with Crippen LogP contribution in [-0.4, -0.2) is 116 Å². The molecule has 10 rings (SSSR count). The highest BCUT2D eigenvalue weighted by Crippen LogP contribution is 2.38. The molecule has 8 aromatic carbocycles. The number of rotatable bonds is 21. The number of benzene rings is 8. The van der Waals surface area contributed by atoms with E-state index in [4.69, 9.17) is 47.4 Å². The number of hydrogen-bond donors (Lipinski definition) is 0. The van der Waals surface area contributed by atoms with Crippen LogP contribution in [0.1, 0.15) is 95.7 Å². The molecule has 0 saturated carbocycles. The summed E-state index contributed by atoms with van der Waals surface area (Å²) >= 11 is 0. The monoisotopic (exact) mass is 1170 g/mol. The number of Topliss-reactive ketones (excluding diaryl/α,β-unsaturated/α-hetero) is 1. The van der Waals surface area contributed by atoms with Gasteiger partial charge in [0.2, 0.25) is 12.4 Å². The Morgan fingerprint density at radius 3 is 0.920 bits per heavy atom. The van der Waals surface area contributed by atoms with Crippen molar-refractivity contribution in [2.45, 2.75) is 74.3 Å². The molecule has 2 heterocycles. The number of carbonyl (C=O) groups excluding carboxylic acids is 8. The van der Waals surface area contributed by atoms with Gasteiger partial charge in [0.05, 0.1) is 38.9 Å². The van der Waals surface area contributed by atoms with Crippen molar-refractivity contribution in [2.24, 2.45) is 0 Å². The molecule has 440 valence electrons. The summed E-state index contributed by atoms with van der Waals surface area (Å²) < 4.78 is 64.3. The Morgan fingerprint density at radius 2 is 0.552 bits per heavy atom. The van der Waals surface area contributed by atoms with Crippen molar-refractivity contribution in [2.75, 3.05) is 6.61 Å². The summed E-state index contributed by atoms with van der Waals surface area (Å²) in [5.74, 6) is -7.19. The Hall–Kier alpha value is -10.4. The average molecular weight is 1170 g/mol. The van der Waals surface area contributed by atoms with Gasteiger partial charge >= 0.3 is 41.8 Å². The van der Waals surface area contributed by atoms with Crippen LogP contribution in [0.25, 0.3) is 0 Å². The Labute approximate surface area is 499 Å². The van der Waals surface area contributed by atoms with Gasteiger partial charge in [-0.1, -0.05) is 158 Å². The molecule has 18 heteroatoms. The minimum Gasteiger partial charge on any atom is -0.459 e. The van der Waals surface area contributed by atoms with Crippen LogP contribution in [0.15, 0.2) is 243 Å². The third kappa shape index (κ3) is 15.3. The Morgan fingerprint density at radius 1 is 0.276 bits per heavy atom. The van der Waals surface area contributed by atoms with Crippen molar-refractivity contribution in [3.8, 4) is 0 Å². The molecule has 2 saturated heterocycles. The molecule has 8 aromatic rings. The highest BCUT2D eigenvalue weighted by molar-refractivity contribution is 5.96. The van der Waals surface area contributed by atoms with Crippen molar-refractivity contribution in [3.05, 3.63) is 287 Å². The lowest BCUT2D eigenvalue weighted by Gasteiger charge is -2.48. The van der Waals surface area contributed by atoms with Gasteiger partial charge in [0.25, 0.3) is 0 Å². The molecule has 2 aliphatic rings. The summed E-state index contributed by atoms with van der Waals surface area (Å²) in [4.78, 5) is 115. The molecule has 10 atom stereocenters. The number of ketones is 1. The number of ether oxygens (including phenoxy) is 10. The van der Waals surface area contributed by atoms with Gasteiger partial charge in [-0.15, -0.1) is 0 Å². The SMILES string of the molecule is O=C(CCC1O[C@@H](O[C@@H]2C(COC(=O)c3ccccc3)O[C@@H](OC(=O)c3ccccc3)C(OC(=O)c3ccccc3)[C@H]2OC(=O)c2ccccc2)C(OC(=O)c2ccccc2)[C@@H](OC(=O)c2ccccc2)[C@H]1OC(=O)c1ccccc1)c1ccccc1. The van der Waals surface area contributed by atoms with Crippen LogP contribution < -0.4 is 0 Å². The van der Waals surface area contributed by atoms with Gasteiger partial charge in [-0.05, 0) is 91.3 Å². The average Bonchev–Trinajstić information content (AvgIpc) is 2.51. The Kier molecular flexibility index (Phi) is 19.9. The quantitative estimate of drug-likeness (QED) is 0.0370. The molecule has 18 nitrogen and oxygen atoms in total. The molecule has 0 bridgehead atoms. The van der Waals surface area contributed by atoms with E-state index in [-0.39, 0.29) is 57.6 Å². The van der Waals surface area contributed by atoms with Gasteiger partial charge in [-0.25, -0.2) is 33.6 Å². The van der Waals surface area contributed by atoms with E-state index in [1.54, 1.807) is 158 Å². The first-order chi connectivity index (χ1) is 42.5. The zero-order valence-corrected chi connectivity index (χ0v) is 46.3. The zero-order valence-electron chi connectivity index (χ0n) is 46.3. The summed E-state index contributed by atoms with van der Waals surface area (Å²) in [6.07, 6.45) is -19.3. The van der Waals surface area contributed by atoms with Gasteiger partial charge in [-0.3, -0.25) is 4.79 Å². The van der Waals surface area contributed by atoms with E-state index in [9.17, 15) is 38.4 Å². The van der Waals surface area contributed by atoms with Crippen molar-refractivity contribution in [3.63, 3.8) is 0 Å². The third-order valence-electron chi connectivity index (χ3n) is 14.1. The van der Waals surface area contributed by atoms with Crippen molar-refractivity contribution in [1.29, 1.82) is 0 Å². The molecule has 0 aliphatic carbocycles. The topological polar surface area (TPSA) is 229 Å². The first kappa shape index (κ1) is 59.7. The van der Waals surface area contributed by atoms with Crippen molar-refractivity contribution >= 4 is 47.6 Å². The first-order valence-corrected chi connectivity index (χ1v) is 27.8. The molecule has 2 fully saturated rings. The van der Waals surface area contributed by atoms with Crippen LogP contribution in [-0.2, 0) is 47.4 Å². The minimum atomic E-state index is -2.05. The van der Waals surface area contributed by atoms with E-state index in [2.05, 4.69) is 0 Å². The normalized spacial score (nSPS) is 21.3. The fraction of sp³-hybridized carbons (Fsp3) is 0.188. The van der Waals surface area contributed by atoms with Gasteiger partial charge in [0, 0.05) is 12.0 Å². The molecule has 0 spiro atoms. The van der Waals surface area contributed by atoms with Gasteiger partial charge < -0.3 is 47.4 Å². The second-order valence-electron chi connectivity index (χ2n) is 19.9. The van der Waals surface area contributed by atoms with Gasteiger partial charge in [0.1, 0.15) is 24.9 Å². The molecule has 0 N–H and O–H groups in total. The largest absolute Gasteiger partial charge is 0.459 e. The lowest BCUT2D eigenvalue weighted by Crippen LogP contribution is -2.67. The van der Waals surface area contributed by atoms with E-state index in [0.717, 1.165) is 0 Å². The maximum absolute atomic E-state index is 14.7. The van der Waals surface area contributed by atoms with Crippen LogP contribution in [0, 0.1) is 0 Å². The van der Waals surface area contributed by atoms with Crippen LogP contribution in [0.3, 0.4) is 0 Å². The molecule has 0 amide bonds. The smallest absolute Gasteiger partial charge is 0.340 e. The lowest BCUT2D eigenvalue weighted by molar-refractivity contribution is -0.350. The molecule has 0 radical (unpaired) electrons. The first-order valence-electron chi connectivity index (χ1n) is 27.8. The predicted octanol–water partition coefficient (Wildman–Crippen LogP) is 10.3. The van der Waals surface area contributed by atoms with Gasteiger partial charge in [0.15, 0.2) is 36.5 Å². The van der Waals surface area contributed by atoms with Crippen LogP contribution >= 0.6 is 0 Å². The van der Waals surface area contributed by atoms with E-state index in [0.29, 0.717) is 5.56 Å². The fourth-order valence-corrected chi connectivity index (χ4v) is 9.74. The maximum Gasteiger partial charge on any atom is 0.340 e. The van der Waals surface area contributed by atoms with Crippen LogP contribution in [0.4, 0.5) is 0 Å². The second kappa shape index (κ2) is 28.9.